The van der Waals surface area contributed by atoms with E-state index in [1.165, 1.54) is 16.7 Å². The van der Waals surface area contributed by atoms with Crippen LogP contribution in [-0.4, -0.2) is 12.5 Å². The number of carbonyl (C=O) groups excluding carboxylic acids is 1. The van der Waals surface area contributed by atoms with Crippen LogP contribution in [0.15, 0.2) is 36.4 Å². The smallest absolute Gasteiger partial charge is 0.258 e. The van der Waals surface area contributed by atoms with E-state index in [-0.39, 0.29) is 24.0 Å². The average molecular weight is 354 g/mol. The predicted molar refractivity (Wildman–Crippen MR) is 108 cm³/mol. The van der Waals surface area contributed by atoms with Crippen molar-refractivity contribution in [1.82, 2.24) is 5.32 Å². The van der Waals surface area contributed by atoms with E-state index in [2.05, 4.69) is 59.0 Å². The summed E-state index contributed by atoms with van der Waals surface area (Å²) in [6.07, 6.45) is 0. The molecule has 1 amide bonds. The number of rotatable bonds is 5. The van der Waals surface area contributed by atoms with Crippen LogP contribution in [0.5, 0.6) is 5.75 Å². The lowest BCUT2D eigenvalue weighted by atomic mass is 9.86. The monoisotopic (exact) mass is 353 g/mol. The fraction of sp³-hybridized carbons (Fsp3) is 0.435. The van der Waals surface area contributed by atoms with Gasteiger partial charge in [0.2, 0.25) is 0 Å². The Morgan fingerprint density at radius 3 is 2.31 bits per heavy atom. The zero-order chi connectivity index (χ0) is 19.5. The molecule has 1 N–H and O–H groups in total. The van der Waals surface area contributed by atoms with E-state index in [1.54, 1.807) is 0 Å². The fourth-order valence-electron chi connectivity index (χ4n) is 3.17. The van der Waals surface area contributed by atoms with Gasteiger partial charge in [-0.2, -0.15) is 0 Å². The Balaban J connectivity index is 2.03. The first-order valence-corrected chi connectivity index (χ1v) is 9.19. The predicted octanol–water partition coefficient (Wildman–Crippen LogP) is 5.17. The van der Waals surface area contributed by atoms with E-state index in [9.17, 15) is 4.79 Å². The maximum absolute atomic E-state index is 12.4. The van der Waals surface area contributed by atoms with E-state index >= 15 is 0 Å². The van der Waals surface area contributed by atoms with Crippen molar-refractivity contribution in [1.29, 1.82) is 0 Å². The third-order valence-corrected chi connectivity index (χ3v) is 4.78. The van der Waals surface area contributed by atoms with Crippen molar-refractivity contribution < 1.29 is 9.53 Å². The van der Waals surface area contributed by atoms with Crippen LogP contribution in [0, 0.1) is 20.8 Å². The molecule has 3 nitrogen and oxygen atoms in total. The number of hydrogen-bond acceptors (Lipinski definition) is 2. The first-order chi connectivity index (χ1) is 12.1. The highest BCUT2D eigenvalue weighted by atomic mass is 16.5. The molecule has 0 bridgehead atoms. The molecule has 0 fully saturated rings. The summed E-state index contributed by atoms with van der Waals surface area (Å²) in [6.45, 7) is 14.7. The molecular formula is C23H31NO2. The van der Waals surface area contributed by atoms with E-state index < -0.39 is 0 Å². The molecule has 0 aliphatic rings. The molecule has 2 rings (SSSR count). The van der Waals surface area contributed by atoms with Crippen LogP contribution in [-0.2, 0) is 10.2 Å². The molecule has 0 saturated carbocycles. The topological polar surface area (TPSA) is 38.3 Å². The van der Waals surface area contributed by atoms with Gasteiger partial charge in [0.15, 0.2) is 6.61 Å². The van der Waals surface area contributed by atoms with Crippen LogP contribution < -0.4 is 10.1 Å². The Morgan fingerprint density at radius 2 is 1.65 bits per heavy atom. The summed E-state index contributed by atoms with van der Waals surface area (Å²) >= 11 is 0. The van der Waals surface area contributed by atoms with Crippen LogP contribution in [0.1, 0.15) is 61.6 Å². The minimum atomic E-state index is -0.112. The summed E-state index contributed by atoms with van der Waals surface area (Å²) < 4.78 is 5.82. The number of hydrogen-bond donors (Lipinski definition) is 1. The first-order valence-electron chi connectivity index (χ1n) is 9.19. The number of ether oxygens (including phenoxy) is 1. The SMILES string of the molecule is Cc1cc(C)c([C@H](C)NC(=O)COc2ccccc2C(C)(C)C)cc1C. The van der Waals surface area contributed by atoms with Crippen LogP contribution in [0.4, 0.5) is 0 Å². The van der Waals surface area contributed by atoms with Crippen LogP contribution >= 0.6 is 0 Å². The lowest BCUT2D eigenvalue weighted by molar-refractivity contribution is -0.123. The van der Waals surface area contributed by atoms with E-state index in [1.807, 2.05) is 31.2 Å². The van der Waals surface area contributed by atoms with Gasteiger partial charge in [0.05, 0.1) is 6.04 Å². The molecule has 3 heteroatoms. The van der Waals surface area contributed by atoms with Crippen molar-refractivity contribution in [3.8, 4) is 5.75 Å². The molecular weight excluding hydrogens is 322 g/mol. The minimum absolute atomic E-state index is 0.0152. The molecule has 1 atom stereocenters. The number of nitrogens with one attached hydrogen (secondary N) is 1. The molecule has 0 radical (unpaired) electrons. The van der Waals surface area contributed by atoms with Gasteiger partial charge in [0.1, 0.15) is 5.75 Å². The Kier molecular flexibility index (Phi) is 6.12. The average Bonchev–Trinajstić information content (AvgIpc) is 2.55. The molecule has 0 heterocycles. The van der Waals surface area contributed by atoms with Gasteiger partial charge in [-0.3, -0.25) is 4.79 Å². The summed E-state index contributed by atoms with van der Waals surface area (Å²) in [4.78, 5) is 12.4. The van der Waals surface area contributed by atoms with Crippen molar-refractivity contribution >= 4 is 5.91 Å². The van der Waals surface area contributed by atoms with Crippen LogP contribution in [0.25, 0.3) is 0 Å². The fourth-order valence-corrected chi connectivity index (χ4v) is 3.17. The minimum Gasteiger partial charge on any atom is -0.483 e. The maximum Gasteiger partial charge on any atom is 0.258 e. The van der Waals surface area contributed by atoms with Crippen molar-refractivity contribution in [2.75, 3.05) is 6.61 Å². The molecule has 0 spiro atoms. The van der Waals surface area contributed by atoms with Crippen molar-refractivity contribution in [2.24, 2.45) is 0 Å². The zero-order valence-electron chi connectivity index (χ0n) is 17.1. The normalized spacial score (nSPS) is 12.6. The molecule has 0 aliphatic carbocycles. The molecule has 140 valence electrons. The molecule has 0 aliphatic heterocycles. The largest absolute Gasteiger partial charge is 0.483 e. The summed E-state index contributed by atoms with van der Waals surface area (Å²) in [5.74, 6) is 0.656. The number of carbonyl (C=O) groups is 1. The van der Waals surface area contributed by atoms with Gasteiger partial charge in [0.25, 0.3) is 5.91 Å². The lowest BCUT2D eigenvalue weighted by Crippen LogP contribution is -2.32. The number of benzene rings is 2. The Bertz CT molecular complexity index is 787. The second kappa shape index (κ2) is 7.94. The summed E-state index contributed by atoms with van der Waals surface area (Å²) in [6, 6.07) is 12.2. The van der Waals surface area contributed by atoms with Crippen molar-refractivity contribution in [3.63, 3.8) is 0 Å². The molecule has 2 aromatic rings. The number of amides is 1. The zero-order valence-corrected chi connectivity index (χ0v) is 17.1. The van der Waals surface area contributed by atoms with Gasteiger partial charge < -0.3 is 10.1 Å². The summed E-state index contributed by atoms with van der Waals surface area (Å²) in [5, 5.41) is 3.05. The van der Waals surface area contributed by atoms with E-state index in [0.29, 0.717) is 0 Å². The summed E-state index contributed by atoms with van der Waals surface area (Å²) in [5.41, 5.74) is 5.92. The molecule has 0 aromatic heterocycles. The quantitative estimate of drug-likeness (QED) is 0.806. The van der Waals surface area contributed by atoms with E-state index in [0.717, 1.165) is 16.9 Å². The Labute approximate surface area is 157 Å². The highest BCUT2D eigenvalue weighted by molar-refractivity contribution is 5.78. The van der Waals surface area contributed by atoms with Gasteiger partial charge in [0, 0.05) is 0 Å². The van der Waals surface area contributed by atoms with Crippen molar-refractivity contribution in [2.45, 2.75) is 59.9 Å². The highest BCUT2D eigenvalue weighted by Gasteiger charge is 2.19. The van der Waals surface area contributed by atoms with Gasteiger partial charge in [-0.1, -0.05) is 51.1 Å². The maximum atomic E-state index is 12.4. The molecule has 0 saturated heterocycles. The third kappa shape index (κ3) is 4.87. The van der Waals surface area contributed by atoms with Gasteiger partial charge in [-0.25, -0.2) is 0 Å². The summed E-state index contributed by atoms with van der Waals surface area (Å²) in [7, 11) is 0. The molecule has 2 aromatic carbocycles. The lowest BCUT2D eigenvalue weighted by Gasteiger charge is -2.23. The van der Waals surface area contributed by atoms with E-state index in [4.69, 9.17) is 4.74 Å². The van der Waals surface area contributed by atoms with Crippen molar-refractivity contribution in [3.05, 3.63) is 64.2 Å². The standard InChI is InChI=1S/C23H31NO2/c1-15-12-17(3)19(13-16(15)2)18(4)24-22(25)14-26-21-11-9-8-10-20(21)23(5,6)7/h8-13,18H,14H2,1-7H3,(H,24,25)/t18-/m0/s1. The van der Waals surface area contributed by atoms with Crippen LogP contribution in [0.3, 0.4) is 0 Å². The van der Waals surface area contributed by atoms with Gasteiger partial charge in [-0.05, 0) is 67.0 Å². The van der Waals surface area contributed by atoms with Crippen LogP contribution in [0.2, 0.25) is 0 Å². The first kappa shape index (κ1) is 20.0. The second-order valence-corrected chi connectivity index (χ2v) is 8.12. The highest BCUT2D eigenvalue weighted by Crippen LogP contribution is 2.31. The van der Waals surface area contributed by atoms with Gasteiger partial charge in [-0.15, -0.1) is 0 Å². The molecule has 0 unspecified atom stereocenters. The van der Waals surface area contributed by atoms with Gasteiger partial charge >= 0.3 is 0 Å². The Hall–Kier alpha value is -2.29. The Morgan fingerprint density at radius 1 is 1.04 bits per heavy atom. The number of aryl methyl sites for hydroxylation is 3. The molecule has 26 heavy (non-hydrogen) atoms. The third-order valence-electron chi connectivity index (χ3n) is 4.78. The number of para-hydroxylation sites is 1. The second-order valence-electron chi connectivity index (χ2n) is 8.12.